The number of carbonyl (C=O) groups excluding carboxylic acids is 1. The highest BCUT2D eigenvalue weighted by molar-refractivity contribution is 5.94. The summed E-state index contributed by atoms with van der Waals surface area (Å²) in [7, 11) is 2.21. The van der Waals surface area contributed by atoms with E-state index >= 15 is 0 Å². The first-order valence-electron chi connectivity index (χ1n) is 13.3. The van der Waals surface area contributed by atoms with Gasteiger partial charge >= 0.3 is 0 Å². The number of carbonyl (C=O) groups is 1. The number of piperidine rings is 1. The third kappa shape index (κ3) is 3.07. The van der Waals surface area contributed by atoms with E-state index in [1.807, 2.05) is 13.0 Å². The van der Waals surface area contributed by atoms with Gasteiger partial charge in [-0.1, -0.05) is 42.3 Å². The minimum atomic E-state index is -0.961. The number of rotatable bonds is 7. The molecule has 2 aliphatic carbocycles. The van der Waals surface area contributed by atoms with Gasteiger partial charge in [0.15, 0.2) is 22.9 Å². The Hall–Kier alpha value is -2.81. The van der Waals surface area contributed by atoms with Gasteiger partial charge in [-0.05, 0) is 76.7 Å². The normalized spacial score (nSPS) is 31.8. The monoisotopic (exact) mass is 485 g/mol. The maximum atomic E-state index is 13.7. The lowest BCUT2D eigenvalue weighted by molar-refractivity contribution is -0.228. The molecule has 4 aliphatic rings. The molecule has 188 valence electrons. The van der Waals surface area contributed by atoms with Crippen LogP contribution < -0.4 is 9.47 Å². The third-order valence-electron chi connectivity index (χ3n) is 9.35. The number of likely N-dealkylation sites (N-methyl/N-ethyl adjacent to an activating group) is 1. The minimum Gasteiger partial charge on any atom is -0.477 e. The summed E-state index contributed by atoms with van der Waals surface area (Å²) >= 11 is 0. The van der Waals surface area contributed by atoms with Crippen molar-refractivity contribution in [3.8, 4) is 23.3 Å². The van der Waals surface area contributed by atoms with E-state index in [0.29, 0.717) is 25.4 Å². The average Bonchev–Trinajstić information content (AvgIpc) is 3.17. The van der Waals surface area contributed by atoms with Gasteiger partial charge in [0.2, 0.25) is 0 Å². The lowest BCUT2D eigenvalue weighted by atomic mass is 9.45. The molecule has 1 spiro atoms. The highest BCUT2D eigenvalue weighted by Crippen LogP contribution is 2.69. The number of likely N-dealkylation sites (tertiary alicyclic amines) is 1. The number of ketones is 1. The van der Waals surface area contributed by atoms with Gasteiger partial charge in [0.25, 0.3) is 0 Å². The number of hydrogen-bond donors (Lipinski definition) is 0. The van der Waals surface area contributed by atoms with E-state index in [0.717, 1.165) is 50.0 Å². The van der Waals surface area contributed by atoms with Crippen LogP contribution in [0.25, 0.3) is 0 Å². The van der Waals surface area contributed by atoms with Crippen LogP contribution in [-0.4, -0.2) is 54.7 Å². The molecule has 2 aromatic carbocycles. The maximum absolute atomic E-state index is 13.7. The summed E-state index contributed by atoms with van der Waals surface area (Å²) in [5.41, 5.74) is 1.80. The van der Waals surface area contributed by atoms with Gasteiger partial charge in [0.05, 0.1) is 11.0 Å². The number of benzene rings is 2. The molecule has 36 heavy (non-hydrogen) atoms. The molecule has 0 aromatic heterocycles. The molecule has 0 N–H and O–H groups in total. The fourth-order valence-corrected chi connectivity index (χ4v) is 7.71. The highest BCUT2D eigenvalue weighted by atomic mass is 16.6. The lowest BCUT2D eigenvalue weighted by Gasteiger charge is -2.66. The Kier molecular flexibility index (Phi) is 5.66. The van der Waals surface area contributed by atoms with Gasteiger partial charge in [0, 0.05) is 24.6 Å². The fourth-order valence-electron chi connectivity index (χ4n) is 7.71. The molecule has 0 amide bonds. The molecule has 2 fully saturated rings. The molecule has 6 rings (SSSR count). The molecule has 2 aromatic rings. The van der Waals surface area contributed by atoms with Crippen LogP contribution in [0, 0.1) is 11.8 Å². The maximum Gasteiger partial charge on any atom is 0.177 e. The summed E-state index contributed by atoms with van der Waals surface area (Å²) in [6.45, 7) is 5.70. The molecule has 1 unspecified atom stereocenters. The Morgan fingerprint density at radius 2 is 2.00 bits per heavy atom. The summed E-state index contributed by atoms with van der Waals surface area (Å²) in [4.78, 5) is 16.2. The molecule has 0 radical (unpaired) electrons. The van der Waals surface area contributed by atoms with Crippen molar-refractivity contribution >= 4 is 5.78 Å². The van der Waals surface area contributed by atoms with Crippen molar-refractivity contribution in [2.75, 3.05) is 26.8 Å². The number of Topliss-reactive ketones (excluding diaryl/α,β-unsaturated/α-hetero) is 1. The van der Waals surface area contributed by atoms with E-state index < -0.39 is 16.6 Å². The van der Waals surface area contributed by atoms with Gasteiger partial charge in [-0.2, -0.15) is 0 Å². The predicted octanol–water partition coefficient (Wildman–Crippen LogP) is 4.49. The van der Waals surface area contributed by atoms with Crippen LogP contribution in [0.1, 0.15) is 56.2 Å². The predicted molar refractivity (Wildman–Crippen MR) is 139 cm³/mol. The average molecular weight is 486 g/mol. The van der Waals surface area contributed by atoms with Gasteiger partial charge in [0.1, 0.15) is 6.61 Å². The topological polar surface area (TPSA) is 48.0 Å². The zero-order valence-corrected chi connectivity index (χ0v) is 21.6. The second-order valence-corrected chi connectivity index (χ2v) is 10.9. The molecule has 1 saturated carbocycles. The Morgan fingerprint density at radius 1 is 1.17 bits per heavy atom. The molecule has 2 aliphatic heterocycles. The molecule has 5 nitrogen and oxygen atoms in total. The first-order valence-corrected chi connectivity index (χ1v) is 13.3. The Bertz CT molecular complexity index is 1250. The number of aryl methyl sites for hydroxylation is 1. The molecule has 4 atom stereocenters. The zero-order chi connectivity index (χ0) is 25.0. The molecule has 1 saturated heterocycles. The largest absolute Gasteiger partial charge is 0.477 e. The van der Waals surface area contributed by atoms with Crippen LogP contribution in [0.5, 0.6) is 11.5 Å². The molecular weight excluding hydrogens is 450 g/mol. The smallest absolute Gasteiger partial charge is 0.177 e. The van der Waals surface area contributed by atoms with E-state index in [2.05, 4.69) is 60.2 Å². The second-order valence-electron chi connectivity index (χ2n) is 10.9. The zero-order valence-electron chi connectivity index (χ0n) is 21.6. The Morgan fingerprint density at radius 3 is 2.81 bits per heavy atom. The summed E-state index contributed by atoms with van der Waals surface area (Å²) in [6.07, 6.45) is 4.86. The number of ether oxygens (including phenoxy) is 3. The number of hydrogen-bond acceptors (Lipinski definition) is 5. The van der Waals surface area contributed by atoms with Crippen molar-refractivity contribution in [1.29, 1.82) is 0 Å². The fraction of sp³-hybridized carbons (Fsp3) is 0.516. The van der Waals surface area contributed by atoms with E-state index in [1.165, 1.54) is 11.1 Å². The van der Waals surface area contributed by atoms with Crippen molar-refractivity contribution in [3.63, 3.8) is 0 Å². The van der Waals surface area contributed by atoms with Gasteiger partial charge in [-0.15, -0.1) is 5.92 Å². The van der Waals surface area contributed by atoms with Crippen LogP contribution in [0.2, 0.25) is 0 Å². The summed E-state index contributed by atoms with van der Waals surface area (Å²) in [5.74, 6) is 7.47. The van der Waals surface area contributed by atoms with Crippen LogP contribution >= 0.6 is 0 Å². The highest BCUT2D eigenvalue weighted by Gasteiger charge is 2.78. The number of nitrogens with zero attached hydrogens (tertiary/aromatic N) is 1. The molecule has 2 bridgehead atoms. The third-order valence-corrected chi connectivity index (χ3v) is 9.35. The van der Waals surface area contributed by atoms with Crippen LogP contribution in [0.15, 0.2) is 42.5 Å². The lowest BCUT2D eigenvalue weighted by Crippen LogP contribution is -2.80. The van der Waals surface area contributed by atoms with Crippen LogP contribution in [0.4, 0.5) is 0 Å². The quantitative estimate of drug-likeness (QED) is 0.427. The van der Waals surface area contributed by atoms with Gasteiger partial charge in [-0.25, -0.2) is 0 Å². The Labute approximate surface area is 214 Å². The summed E-state index contributed by atoms with van der Waals surface area (Å²) < 4.78 is 19.9. The van der Waals surface area contributed by atoms with E-state index in [4.69, 9.17) is 14.2 Å². The Balaban J connectivity index is 1.42. The van der Waals surface area contributed by atoms with Gasteiger partial charge in [-0.3, -0.25) is 4.79 Å². The van der Waals surface area contributed by atoms with Crippen molar-refractivity contribution in [2.24, 2.45) is 0 Å². The van der Waals surface area contributed by atoms with E-state index in [-0.39, 0.29) is 11.8 Å². The second kappa shape index (κ2) is 8.64. The summed E-state index contributed by atoms with van der Waals surface area (Å²) in [5, 5.41) is 0. The molecule has 2 heterocycles. The standard InChI is InChI=1S/C31H35NO4/c1-4-5-19-34-24-14-13-23-21-25-31(35-20-9-12-22-10-7-6-8-11-22)16-15-26(33)29(2)30(31,17-18-32(25)3)27(23)28(24)36-29/h6-8,10-11,13-14,25H,9,12,15-21H2,1-3H3/t25?,29-,30-,31+/m0/s1. The van der Waals surface area contributed by atoms with E-state index in [9.17, 15) is 4.79 Å². The SMILES string of the molecule is CC#CCOc1ccc2c3c1O[C@@]1(C)C(=O)CC[C@@]4(OCCCc5ccccc5)C(C2)N(C)CC[C@]314. The molecule has 5 heteroatoms. The van der Waals surface area contributed by atoms with Crippen LogP contribution in [0.3, 0.4) is 0 Å². The molecular formula is C31H35NO4. The first-order chi connectivity index (χ1) is 17.5. The van der Waals surface area contributed by atoms with Crippen LogP contribution in [-0.2, 0) is 27.8 Å². The van der Waals surface area contributed by atoms with Crippen molar-refractivity contribution in [3.05, 3.63) is 59.2 Å². The van der Waals surface area contributed by atoms with Gasteiger partial charge < -0.3 is 19.1 Å². The van der Waals surface area contributed by atoms with Crippen molar-refractivity contribution in [2.45, 2.75) is 75.0 Å². The van der Waals surface area contributed by atoms with E-state index in [1.54, 1.807) is 6.92 Å². The summed E-state index contributed by atoms with van der Waals surface area (Å²) in [6, 6.07) is 15.0. The first kappa shape index (κ1) is 23.6. The van der Waals surface area contributed by atoms with Crippen molar-refractivity contribution < 1.29 is 19.0 Å². The minimum absolute atomic E-state index is 0.178. The van der Waals surface area contributed by atoms with Crippen molar-refractivity contribution in [1.82, 2.24) is 4.90 Å².